The summed E-state index contributed by atoms with van der Waals surface area (Å²) < 4.78 is 21.2. The van der Waals surface area contributed by atoms with Gasteiger partial charge in [0, 0.05) is 6.08 Å². The molecule has 1 aromatic carbocycles. The van der Waals surface area contributed by atoms with E-state index < -0.39 is 17.8 Å². The summed E-state index contributed by atoms with van der Waals surface area (Å²) in [6.45, 7) is -0.530. The zero-order chi connectivity index (χ0) is 19.7. The summed E-state index contributed by atoms with van der Waals surface area (Å²) in [5, 5.41) is 11.8. The Morgan fingerprint density at radius 3 is 2.37 bits per heavy atom. The van der Waals surface area contributed by atoms with Crippen molar-refractivity contribution in [2.75, 3.05) is 39.8 Å². The molecular formula is C17H18N2O8. The summed E-state index contributed by atoms with van der Waals surface area (Å²) >= 11 is 0. The van der Waals surface area contributed by atoms with Gasteiger partial charge in [0.2, 0.25) is 5.75 Å². The summed E-state index contributed by atoms with van der Waals surface area (Å²) in [4.78, 5) is 37.5. The van der Waals surface area contributed by atoms with E-state index in [1.165, 1.54) is 21.3 Å². The topological polar surface area (TPSA) is 124 Å². The maximum atomic E-state index is 12.4. The average molecular weight is 378 g/mol. The lowest BCUT2D eigenvalue weighted by molar-refractivity contribution is -0.137. The maximum absolute atomic E-state index is 12.4. The second kappa shape index (κ2) is 7.16. The van der Waals surface area contributed by atoms with Crippen LogP contribution in [0.15, 0.2) is 11.8 Å². The van der Waals surface area contributed by atoms with Crippen LogP contribution in [-0.4, -0.2) is 62.3 Å². The van der Waals surface area contributed by atoms with Crippen LogP contribution in [0.3, 0.4) is 0 Å². The molecule has 0 saturated heterocycles. The van der Waals surface area contributed by atoms with Crippen LogP contribution >= 0.6 is 0 Å². The van der Waals surface area contributed by atoms with E-state index >= 15 is 0 Å². The fraction of sp³-hybridized carbons (Fsp3) is 0.353. The predicted molar refractivity (Wildman–Crippen MR) is 90.7 cm³/mol. The molecule has 144 valence electrons. The van der Waals surface area contributed by atoms with Gasteiger partial charge in [0.25, 0.3) is 11.8 Å². The van der Waals surface area contributed by atoms with Crippen LogP contribution in [0.5, 0.6) is 17.2 Å². The normalized spacial score (nSPS) is 15.5. The van der Waals surface area contributed by atoms with Gasteiger partial charge in [-0.25, -0.2) is 4.79 Å². The number of fused-ring (bicyclic) bond motifs is 1. The SMILES string of the molecule is COc1c2c(c(NC3=CC(=O)N(CCO)C3=O)c(OC)c1OC)C(=O)OC2. The summed E-state index contributed by atoms with van der Waals surface area (Å²) in [5.41, 5.74) is 0.630. The van der Waals surface area contributed by atoms with Gasteiger partial charge in [-0.05, 0) is 0 Å². The number of nitrogens with zero attached hydrogens (tertiary/aromatic N) is 1. The highest BCUT2D eigenvalue weighted by Gasteiger charge is 2.38. The smallest absolute Gasteiger partial charge is 0.341 e. The van der Waals surface area contributed by atoms with Crippen molar-refractivity contribution in [3.63, 3.8) is 0 Å². The average Bonchev–Trinajstić information content (AvgIpc) is 3.16. The number of aliphatic hydroxyl groups excluding tert-OH is 1. The van der Waals surface area contributed by atoms with Gasteiger partial charge in [-0.15, -0.1) is 0 Å². The molecule has 1 aromatic rings. The molecule has 2 heterocycles. The van der Waals surface area contributed by atoms with Gasteiger partial charge in [-0.3, -0.25) is 14.5 Å². The van der Waals surface area contributed by atoms with Crippen molar-refractivity contribution in [1.29, 1.82) is 0 Å². The van der Waals surface area contributed by atoms with Crippen molar-refractivity contribution >= 4 is 23.5 Å². The first-order valence-electron chi connectivity index (χ1n) is 7.95. The number of nitrogens with one attached hydrogen (secondary N) is 1. The maximum Gasteiger partial charge on any atom is 0.341 e. The van der Waals surface area contributed by atoms with Crippen molar-refractivity contribution in [3.8, 4) is 17.2 Å². The number of cyclic esters (lactones) is 1. The number of benzene rings is 1. The first kappa shape index (κ1) is 18.5. The zero-order valence-corrected chi connectivity index (χ0v) is 15.0. The monoisotopic (exact) mass is 378 g/mol. The lowest BCUT2D eigenvalue weighted by Gasteiger charge is -2.20. The fourth-order valence-electron chi connectivity index (χ4n) is 3.06. The summed E-state index contributed by atoms with van der Waals surface area (Å²) in [6, 6.07) is 0. The number of amides is 2. The number of ether oxygens (including phenoxy) is 4. The van der Waals surface area contributed by atoms with E-state index in [4.69, 9.17) is 24.1 Å². The summed E-state index contributed by atoms with van der Waals surface area (Å²) in [5.74, 6) is -1.22. The highest BCUT2D eigenvalue weighted by Crippen LogP contribution is 2.51. The minimum atomic E-state index is -0.633. The van der Waals surface area contributed by atoms with E-state index in [1.807, 2.05) is 0 Å². The van der Waals surface area contributed by atoms with Crippen LogP contribution in [0.4, 0.5) is 5.69 Å². The Bertz CT molecular complexity index is 861. The molecule has 0 aliphatic carbocycles. The Labute approximate surface area is 154 Å². The van der Waals surface area contributed by atoms with E-state index in [9.17, 15) is 14.4 Å². The third-order valence-electron chi connectivity index (χ3n) is 4.22. The standard InChI is InChI=1S/C17H18N2O8/c1-24-13-8-7-27-17(23)11(8)12(14(25-2)15(13)26-3)18-9-6-10(21)19(4-5-20)16(9)22/h6,18,20H,4-5,7H2,1-3H3. The van der Waals surface area contributed by atoms with Crippen LogP contribution < -0.4 is 19.5 Å². The van der Waals surface area contributed by atoms with Gasteiger partial charge in [-0.2, -0.15) is 0 Å². The molecule has 0 unspecified atom stereocenters. The molecule has 3 rings (SSSR count). The van der Waals surface area contributed by atoms with E-state index in [1.54, 1.807) is 0 Å². The van der Waals surface area contributed by atoms with Gasteiger partial charge in [0.05, 0.1) is 45.6 Å². The fourth-order valence-corrected chi connectivity index (χ4v) is 3.06. The van der Waals surface area contributed by atoms with Crippen molar-refractivity contribution < 1.29 is 38.4 Å². The molecule has 10 heteroatoms. The van der Waals surface area contributed by atoms with Gasteiger partial charge in [0.1, 0.15) is 18.0 Å². The number of hydrogen-bond donors (Lipinski definition) is 2. The second-order valence-corrected chi connectivity index (χ2v) is 5.61. The largest absolute Gasteiger partial charge is 0.492 e. The number of carbonyl (C=O) groups excluding carboxylic acids is 3. The number of rotatable bonds is 7. The predicted octanol–water partition coefficient (Wildman–Crippen LogP) is 0.0397. The van der Waals surface area contributed by atoms with Crippen molar-refractivity contribution in [1.82, 2.24) is 4.90 Å². The molecule has 2 N–H and O–H groups in total. The van der Waals surface area contributed by atoms with Crippen LogP contribution in [0.2, 0.25) is 0 Å². The van der Waals surface area contributed by atoms with Crippen molar-refractivity contribution in [2.45, 2.75) is 6.61 Å². The summed E-state index contributed by atoms with van der Waals surface area (Å²) in [6.07, 6.45) is 1.08. The molecule has 0 saturated carbocycles. The number of hydrogen-bond acceptors (Lipinski definition) is 9. The van der Waals surface area contributed by atoms with Crippen LogP contribution in [0.25, 0.3) is 0 Å². The Balaban J connectivity index is 2.12. The van der Waals surface area contributed by atoms with Crippen molar-refractivity contribution in [3.05, 3.63) is 22.9 Å². The van der Waals surface area contributed by atoms with E-state index in [-0.39, 0.29) is 54.0 Å². The Hall–Kier alpha value is -3.27. The highest BCUT2D eigenvalue weighted by atomic mass is 16.5. The van der Waals surface area contributed by atoms with Gasteiger partial charge < -0.3 is 29.4 Å². The van der Waals surface area contributed by atoms with Crippen LogP contribution in [0.1, 0.15) is 15.9 Å². The Morgan fingerprint density at radius 2 is 1.78 bits per heavy atom. The molecule has 27 heavy (non-hydrogen) atoms. The number of β-amino-alcohol motifs (C(OH)–C–C–N with tert-alkyl or cyclic N) is 1. The molecule has 2 aliphatic rings. The molecule has 0 atom stereocenters. The second-order valence-electron chi connectivity index (χ2n) is 5.61. The quantitative estimate of drug-likeness (QED) is 0.500. The van der Waals surface area contributed by atoms with Gasteiger partial charge in [-0.1, -0.05) is 0 Å². The first-order chi connectivity index (χ1) is 13.0. The van der Waals surface area contributed by atoms with Crippen LogP contribution in [-0.2, 0) is 20.9 Å². The van der Waals surface area contributed by atoms with E-state index in [0.29, 0.717) is 5.56 Å². The number of imide groups is 1. The van der Waals surface area contributed by atoms with E-state index in [0.717, 1.165) is 11.0 Å². The number of aliphatic hydroxyl groups is 1. The molecule has 0 bridgehead atoms. The molecular weight excluding hydrogens is 360 g/mol. The molecule has 2 aliphatic heterocycles. The third-order valence-corrected chi connectivity index (χ3v) is 4.22. The van der Waals surface area contributed by atoms with E-state index in [2.05, 4.69) is 5.32 Å². The minimum Gasteiger partial charge on any atom is -0.492 e. The van der Waals surface area contributed by atoms with Gasteiger partial charge in [0.15, 0.2) is 11.5 Å². The molecule has 10 nitrogen and oxygen atoms in total. The third kappa shape index (κ3) is 2.83. The summed E-state index contributed by atoms with van der Waals surface area (Å²) in [7, 11) is 4.19. The molecule has 2 amide bonds. The first-order valence-corrected chi connectivity index (χ1v) is 7.95. The number of anilines is 1. The number of carbonyl (C=O) groups is 3. The van der Waals surface area contributed by atoms with Gasteiger partial charge >= 0.3 is 5.97 Å². The molecule has 0 spiro atoms. The molecule has 0 fully saturated rings. The Morgan fingerprint density at radius 1 is 1.11 bits per heavy atom. The number of esters is 1. The van der Waals surface area contributed by atoms with Crippen molar-refractivity contribution in [2.24, 2.45) is 0 Å². The minimum absolute atomic E-state index is 0.0328. The lowest BCUT2D eigenvalue weighted by Crippen LogP contribution is -2.34. The zero-order valence-electron chi connectivity index (χ0n) is 15.0. The van der Waals surface area contributed by atoms with Crippen LogP contribution in [0, 0.1) is 0 Å². The number of methoxy groups -OCH3 is 3. The highest BCUT2D eigenvalue weighted by molar-refractivity contribution is 6.18. The molecule has 0 aromatic heterocycles. The lowest BCUT2D eigenvalue weighted by atomic mass is 10.0. The Kier molecular flexibility index (Phi) is 4.91. The molecule has 0 radical (unpaired) electrons.